The predicted octanol–water partition coefficient (Wildman–Crippen LogP) is 4.77. The summed E-state index contributed by atoms with van der Waals surface area (Å²) in [6.07, 6.45) is 11.1. The molecule has 0 aliphatic rings. The minimum Gasteiger partial charge on any atom is -0.354 e. The van der Waals surface area contributed by atoms with Crippen molar-refractivity contribution < 1.29 is 0 Å². The lowest BCUT2D eigenvalue weighted by atomic mass is 9.98. The van der Waals surface area contributed by atoms with Gasteiger partial charge in [0.15, 0.2) is 0 Å². The van der Waals surface area contributed by atoms with Gasteiger partial charge in [0.25, 0.3) is 0 Å². The van der Waals surface area contributed by atoms with E-state index >= 15 is 0 Å². The van der Waals surface area contributed by atoms with Gasteiger partial charge in [0.05, 0.1) is 0 Å². The monoisotopic (exact) mass is 264 g/mol. The summed E-state index contributed by atoms with van der Waals surface area (Å²) in [7, 11) is 0. The molecule has 0 spiro atoms. The molecule has 1 aromatic heterocycles. The highest BCUT2D eigenvalue weighted by molar-refractivity contribution is 5.16. The van der Waals surface area contributed by atoms with Crippen LogP contribution in [0, 0.1) is 5.92 Å². The molecule has 110 valence electrons. The minimum absolute atomic E-state index is 0.497. The third-order valence-electron chi connectivity index (χ3n) is 3.68. The van der Waals surface area contributed by atoms with E-state index in [1.807, 2.05) is 0 Å². The van der Waals surface area contributed by atoms with Crippen molar-refractivity contribution >= 4 is 0 Å². The number of nitrogens with zero attached hydrogens (tertiary/aromatic N) is 1. The van der Waals surface area contributed by atoms with E-state index in [2.05, 4.69) is 56.0 Å². The van der Waals surface area contributed by atoms with Crippen molar-refractivity contribution in [2.24, 2.45) is 5.92 Å². The van der Waals surface area contributed by atoms with Crippen LogP contribution in [0.2, 0.25) is 0 Å². The van der Waals surface area contributed by atoms with Crippen LogP contribution in [0.3, 0.4) is 0 Å². The molecule has 0 saturated heterocycles. The van der Waals surface area contributed by atoms with Gasteiger partial charge in [0.2, 0.25) is 0 Å². The van der Waals surface area contributed by atoms with Crippen molar-refractivity contribution in [3.8, 4) is 0 Å². The maximum atomic E-state index is 3.66. The van der Waals surface area contributed by atoms with Gasteiger partial charge >= 0.3 is 0 Å². The molecule has 0 saturated carbocycles. The van der Waals surface area contributed by atoms with Crippen LogP contribution >= 0.6 is 0 Å². The quantitative estimate of drug-likeness (QED) is 0.603. The second kappa shape index (κ2) is 9.19. The molecule has 1 rings (SSSR count). The van der Waals surface area contributed by atoms with Gasteiger partial charge in [-0.05, 0) is 36.9 Å². The fourth-order valence-corrected chi connectivity index (χ4v) is 2.54. The lowest BCUT2D eigenvalue weighted by Crippen LogP contribution is -2.26. The van der Waals surface area contributed by atoms with Crippen LogP contribution in [0.1, 0.15) is 71.4 Å². The summed E-state index contributed by atoms with van der Waals surface area (Å²) in [5.41, 5.74) is 1.44. The van der Waals surface area contributed by atoms with Gasteiger partial charge < -0.3 is 9.88 Å². The first kappa shape index (κ1) is 16.3. The number of hydrogen-bond donors (Lipinski definition) is 1. The van der Waals surface area contributed by atoms with E-state index in [4.69, 9.17) is 0 Å². The largest absolute Gasteiger partial charge is 0.354 e. The average molecular weight is 264 g/mol. The number of rotatable bonds is 10. The molecule has 1 heterocycles. The highest BCUT2D eigenvalue weighted by Crippen LogP contribution is 2.22. The van der Waals surface area contributed by atoms with Crippen LogP contribution in [-0.4, -0.2) is 11.1 Å². The summed E-state index contributed by atoms with van der Waals surface area (Å²) in [5.74, 6) is 0.641. The van der Waals surface area contributed by atoms with Crippen molar-refractivity contribution in [1.29, 1.82) is 0 Å². The number of hydrogen-bond acceptors (Lipinski definition) is 1. The Morgan fingerprint density at radius 1 is 1.11 bits per heavy atom. The second-order valence-electron chi connectivity index (χ2n) is 5.92. The van der Waals surface area contributed by atoms with Gasteiger partial charge in [-0.1, -0.05) is 47.0 Å². The standard InChI is InChI=1S/C17H32N2/c1-5-7-8-9-12-19-13-10-16(14-19)17(15(3)4)18-11-6-2/h10,13-15,17-18H,5-9,11-12H2,1-4H3. The molecule has 0 radical (unpaired) electrons. The Hall–Kier alpha value is -0.760. The predicted molar refractivity (Wildman–Crippen MR) is 84.4 cm³/mol. The van der Waals surface area contributed by atoms with Gasteiger partial charge in [-0.3, -0.25) is 0 Å². The number of unbranched alkanes of at least 4 members (excludes halogenated alkanes) is 3. The van der Waals surface area contributed by atoms with Crippen molar-refractivity contribution in [2.45, 2.75) is 72.4 Å². The third kappa shape index (κ3) is 5.82. The van der Waals surface area contributed by atoms with Crippen molar-refractivity contribution in [3.63, 3.8) is 0 Å². The lowest BCUT2D eigenvalue weighted by molar-refractivity contribution is 0.412. The van der Waals surface area contributed by atoms with Crippen LogP contribution in [0.15, 0.2) is 18.5 Å². The Morgan fingerprint density at radius 3 is 2.53 bits per heavy atom. The molecular formula is C17H32N2. The fraction of sp³-hybridized carbons (Fsp3) is 0.765. The minimum atomic E-state index is 0.497. The molecule has 19 heavy (non-hydrogen) atoms. The van der Waals surface area contributed by atoms with Crippen molar-refractivity contribution in [2.75, 3.05) is 6.54 Å². The molecule has 2 nitrogen and oxygen atoms in total. The maximum absolute atomic E-state index is 3.66. The van der Waals surface area contributed by atoms with Crippen LogP contribution < -0.4 is 5.32 Å². The first-order chi connectivity index (χ1) is 9.19. The number of aromatic nitrogens is 1. The van der Waals surface area contributed by atoms with E-state index in [-0.39, 0.29) is 0 Å². The number of nitrogens with one attached hydrogen (secondary N) is 1. The van der Waals surface area contributed by atoms with Crippen molar-refractivity contribution in [3.05, 3.63) is 24.0 Å². The summed E-state index contributed by atoms with van der Waals surface area (Å²) in [6.45, 7) is 11.4. The van der Waals surface area contributed by atoms with Crippen LogP contribution in [0.25, 0.3) is 0 Å². The van der Waals surface area contributed by atoms with E-state index in [1.54, 1.807) is 0 Å². The van der Waals surface area contributed by atoms with Crippen LogP contribution in [0.4, 0.5) is 0 Å². The highest BCUT2D eigenvalue weighted by Gasteiger charge is 2.15. The van der Waals surface area contributed by atoms with E-state index < -0.39 is 0 Å². The molecule has 2 heteroatoms. The van der Waals surface area contributed by atoms with Gasteiger partial charge in [0, 0.05) is 25.0 Å². The zero-order valence-corrected chi connectivity index (χ0v) is 13.3. The van der Waals surface area contributed by atoms with Gasteiger partial charge in [-0.2, -0.15) is 0 Å². The molecule has 0 amide bonds. The van der Waals surface area contributed by atoms with Crippen LogP contribution in [0.5, 0.6) is 0 Å². The summed E-state index contributed by atoms with van der Waals surface area (Å²) >= 11 is 0. The summed E-state index contributed by atoms with van der Waals surface area (Å²) in [4.78, 5) is 0. The van der Waals surface area contributed by atoms with E-state index in [0.29, 0.717) is 12.0 Å². The lowest BCUT2D eigenvalue weighted by Gasteiger charge is -2.21. The van der Waals surface area contributed by atoms with E-state index in [1.165, 1.54) is 44.2 Å². The maximum Gasteiger partial charge on any atom is 0.0358 e. The molecule has 0 aliphatic carbocycles. The molecule has 1 unspecified atom stereocenters. The zero-order valence-electron chi connectivity index (χ0n) is 13.3. The molecule has 0 aromatic carbocycles. The first-order valence-electron chi connectivity index (χ1n) is 8.08. The third-order valence-corrected chi connectivity index (χ3v) is 3.68. The molecular weight excluding hydrogens is 232 g/mol. The molecule has 0 fully saturated rings. The Labute approximate surface area is 119 Å². The summed E-state index contributed by atoms with van der Waals surface area (Å²) < 4.78 is 2.36. The second-order valence-corrected chi connectivity index (χ2v) is 5.92. The first-order valence-corrected chi connectivity index (χ1v) is 8.08. The van der Waals surface area contributed by atoms with Gasteiger partial charge in [0.1, 0.15) is 0 Å². The Balaban J connectivity index is 2.50. The molecule has 0 aliphatic heterocycles. The highest BCUT2D eigenvalue weighted by atomic mass is 15.0. The molecule has 0 bridgehead atoms. The Kier molecular flexibility index (Phi) is 7.88. The SMILES string of the molecule is CCCCCCn1ccc(C(NCCC)C(C)C)c1. The van der Waals surface area contributed by atoms with E-state index in [9.17, 15) is 0 Å². The number of aryl methyl sites for hydroxylation is 1. The summed E-state index contributed by atoms with van der Waals surface area (Å²) in [5, 5.41) is 3.66. The van der Waals surface area contributed by atoms with Crippen LogP contribution in [-0.2, 0) is 6.54 Å². The zero-order chi connectivity index (χ0) is 14.1. The fourth-order valence-electron chi connectivity index (χ4n) is 2.54. The molecule has 1 atom stereocenters. The van der Waals surface area contributed by atoms with Crippen molar-refractivity contribution in [1.82, 2.24) is 9.88 Å². The average Bonchev–Trinajstić information content (AvgIpc) is 2.83. The summed E-state index contributed by atoms with van der Waals surface area (Å²) in [6, 6.07) is 2.78. The normalized spacial score (nSPS) is 13.1. The Bertz CT molecular complexity index is 328. The van der Waals surface area contributed by atoms with Gasteiger partial charge in [-0.15, -0.1) is 0 Å². The van der Waals surface area contributed by atoms with E-state index in [0.717, 1.165) is 6.54 Å². The topological polar surface area (TPSA) is 17.0 Å². The van der Waals surface area contributed by atoms with Gasteiger partial charge in [-0.25, -0.2) is 0 Å². The smallest absolute Gasteiger partial charge is 0.0358 e. The Morgan fingerprint density at radius 2 is 1.89 bits per heavy atom. The molecule has 1 N–H and O–H groups in total. The molecule has 1 aromatic rings.